The molecule has 0 bridgehead atoms. The van der Waals surface area contributed by atoms with Gasteiger partial charge in [-0.1, -0.05) is 13.8 Å². The van der Waals surface area contributed by atoms with Gasteiger partial charge in [0.1, 0.15) is 0 Å². The summed E-state index contributed by atoms with van der Waals surface area (Å²) in [6, 6.07) is 0. The highest BCUT2D eigenvalue weighted by Gasteiger charge is 2.36. The Kier molecular flexibility index (Phi) is 3.00. The van der Waals surface area contributed by atoms with E-state index in [1.807, 2.05) is 13.8 Å². The zero-order valence-corrected chi connectivity index (χ0v) is 9.26. The third-order valence-electron chi connectivity index (χ3n) is 3.00. The summed E-state index contributed by atoms with van der Waals surface area (Å²) in [6.07, 6.45) is 1.05. The fourth-order valence-corrected chi connectivity index (χ4v) is 2.08. The molecule has 0 aromatic rings. The Hall–Kier alpha value is -0.830. The van der Waals surface area contributed by atoms with Crippen molar-refractivity contribution in [2.75, 3.05) is 7.11 Å². The van der Waals surface area contributed by atoms with Gasteiger partial charge in [-0.3, -0.25) is 0 Å². The summed E-state index contributed by atoms with van der Waals surface area (Å²) in [5.74, 6) is -0.314. The van der Waals surface area contributed by atoms with E-state index >= 15 is 0 Å². The number of hydrogen-bond acceptors (Lipinski definition) is 3. The number of aliphatic hydroxyl groups is 1. The molecule has 0 fully saturated rings. The van der Waals surface area contributed by atoms with Gasteiger partial charge in [0, 0.05) is 5.57 Å². The molecular weight excluding hydrogens is 180 g/mol. The molecule has 80 valence electrons. The van der Waals surface area contributed by atoms with Crippen LogP contribution in [0, 0.1) is 5.41 Å². The Labute approximate surface area is 84.8 Å². The molecule has 0 aromatic carbocycles. The fourth-order valence-electron chi connectivity index (χ4n) is 2.08. The predicted molar refractivity (Wildman–Crippen MR) is 53.7 cm³/mol. The molecule has 0 aliphatic heterocycles. The first kappa shape index (κ1) is 11.2. The van der Waals surface area contributed by atoms with Crippen LogP contribution in [0.5, 0.6) is 0 Å². The van der Waals surface area contributed by atoms with Crippen LogP contribution >= 0.6 is 0 Å². The van der Waals surface area contributed by atoms with Crippen LogP contribution in [0.4, 0.5) is 0 Å². The molecule has 0 amide bonds. The first-order valence-electron chi connectivity index (χ1n) is 4.88. The molecule has 0 spiro atoms. The number of hydrogen-bond donors (Lipinski definition) is 1. The minimum absolute atomic E-state index is 0.184. The van der Waals surface area contributed by atoms with E-state index < -0.39 is 6.10 Å². The number of ether oxygens (including phenoxy) is 1. The average Bonchev–Trinajstić information content (AvgIpc) is 2.11. The van der Waals surface area contributed by atoms with Crippen molar-refractivity contribution < 1.29 is 14.6 Å². The maximum Gasteiger partial charge on any atom is 0.334 e. The van der Waals surface area contributed by atoms with Crippen LogP contribution in [0.15, 0.2) is 11.1 Å². The van der Waals surface area contributed by atoms with Crippen molar-refractivity contribution in [3.8, 4) is 0 Å². The van der Waals surface area contributed by atoms with Gasteiger partial charge in [-0.15, -0.1) is 0 Å². The highest BCUT2D eigenvalue weighted by molar-refractivity contribution is 5.91. The molecule has 0 radical (unpaired) electrons. The van der Waals surface area contributed by atoms with Crippen molar-refractivity contribution in [2.24, 2.45) is 5.41 Å². The highest BCUT2D eigenvalue weighted by atomic mass is 16.5. The lowest BCUT2D eigenvalue weighted by molar-refractivity contribution is -0.137. The van der Waals surface area contributed by atoms with Crippen molar-refractivity contribution in [3.05, 3.63) is 11.1 Å². The topological polar surface area (TPSA) is 46.5 Å². The average molecular weight is 198 g/mol. The fraction of sp³-hybridized carbons (Fsp3) is 0.727. The maximum absolute atomic E-state index is 11.5. The molecule has 3 nitrogen and oxygen atoms in total. The summed E-state index contributed by atoms with van der Waals surface area (Å²) in [6.45, 7) is 5.82. The van der Waals surface area contributed by atoms with Crippen LogP contribution < -0.4 is 0 Å². The minimum Gasteiger partial charge on any atom is -0.466 e. The first-order valence-corrected chi connectivity index (χ1v) is 4.88. The van der Waals surface area contributed by atoms with Gasteiger partial charge in [0.2, 0.25) is 0 Å². The van der Waals surface area contributed by atoms with Gasteiger partial charge in [0.15, 0.2) is 0 Å². The van der Waals surface area contributed by atoms with E-state index in [0.29, 0.717) is 5.57 Å². The summed E-state index contributed by atoms with van der Waals surface area (Å²) in [4.78, 5) is 11.5. The van der Waals surface area contributed by atoms with Gasteiger partial charge in [-0.25, -0.2) is 4.79 Å². The molecule has 0 heterocycles. The van der Waals surface area contributed by atoms with Gasteiger partial charge >= 0.3 is 5.97 Å². The summed E-state index contributed by atoms with van der Waals surface area (Å²) in [5.41, 5.74) is 1.21. The van der Waals surface area contributed by atoms with Crippen LogP contribution in [-0.4, -0.2) is 24.3 Å². The molecule has 1 rings (SSSR count). The standard InChI is InChI=1S/C11H18O3/c1-7-8(12)5-6-11(2,3)9(7)10(13)14-4/h8,12H,5-6H2,1-4H3/t8-/m0/s1. The van der Waals surface area contributed by atoms with E-state index in [4.69, 9.17) is 4.74 Å². The van der Waals surface area contributed by atoms with Crippen LogP contribution in [0.25, 0.3) is 0 Å². The molecule has 0 saturated carbocycles. The van der Waals surface area contributed by atoms with Crippen LogP contribution in [0.3, 0.4) is 0 Å². The zero-order valence-electron chi connectivity index (χ0n) is 9.26. The van der Waals surface area contributed by atoms with E-state index in [1.165, 1.54) is 7.11 Å². The predicted octanol–water partition coefficient (Wildman–Crippen LogP) is 1.66. The Bertz CT molecular complexity index is 276. The third-order valence-corrected chi connectivity index (χ3v) is 3.00. The van der Waals surface area contributed by atoms with Crippen molar-refractivity contribution in [3.63, 3.8) is 0 Å². The lowest BCUT2D eigenvalue weighted by Crippen LogP contribution is -2.32. The van der Waals surface area contributed by atoms with Crippen LogP contribution in [0.1, 0.15) is 33.6 Å². The van der Waals surface area contributed by atoms with Crippen molar-refractivity contribution in [1.29, 1.82) is 0 Å². The van der Waals surface area contributed by atoms with E-state index in [-0.39, 0.29) is 11.4 Å². The number of carbonyl (C=O) groups excluding carboxylic acids is 1. The van der Waals surface area contributed by atoms with Crippen molar-refractivity contribution in [1.82, 2.24) is 0 Å². The van der Waals surface area contributed by atoms with Crippen LogP contribution in [0.2, 0.25) is 0 Å². The number of esters is 1. The zero-order chi connectivity index (χ0) is 10.9. The molecular formula is C11H18O3. The molecule has 1 atom stereocenters. The second-order valence-electron chi connectivity index (χ2n) is 4.49. The molecule has 0 unspecified atom stereocenters. The SMILES string of the molecule is COC(=O)C1=C(C)[C@@H](O)CCC1(C)C. The Morgan fingerprint density at radius 2 is 2.14 bits per heavy atom. The lowest BCUT2D eigenvalue weighted by Gasteiger charge is -2.34. The van der Waals surface area contributed by atoms with Crippen molar-refractivity contribution >= 4 is 5.97 Å². The molecule has 1 aliphatic rings. The largest absolute Gasteiger partial charge is 0.466 e. The second-order valence-corrected chi connectivity index (χ2v) is 4.49. The first-order chi connectivity index (χ1) is 6.40. The summed E-state index contributed by atoms with van der Waals surface area (Å²) in [5, 5.41) is 9.66. The molecule has 0 aromatic heterocycles. The van der Waals surface area contributed by atoms with Crippen molar-refractivity contribution in [2.45, 2.75) is 39.7 Å². The number of carbonyl (C=O) groups is 1. The van der Waals surface area contributed by atoms with Gasteiger partial charge in [0.05, 0.1) is 13.2 Å². The maximum atomic E-state index is 11.5. The molecule has 3 heteroatoms. The number of aliphatic hydroxyl groups excluding tert-OH is 1. The van der Waals surface area contributed by atoms with Gasteiger partial charge in [0.25, 0.3) is 0 Å². The molecule has 1 N–H and O–H groups in total. The Morgan fingerprint density at radius 1 is 1.57 bits per heavy atom. The van der Waals surface area contributed by atoms with E-state index in [1.54, 1.807) is 6.92 Å². The van der Waals surface area contributed by atoms with Crippen LogP contribution in [-0.2, 0) is 9.53 Å². The van der Waals surface area contributed by atoms with E-state index in [9.17, 15) is 9.90 Å². The molecule has 0 saturated heterocycles. The molecule has 14 heavy (non-hydrogen) atoms. The summed E-state index contributed by atoms with van der Waals surface area (Å²) >= 11 is 0. The normalized spacial score (nSPS) is 26.2. The number of methoxy groups -OCH3 is 1. The quantitative estimate of drug-likeness (QED) is 0.652. The second kappa shape index (κ2) is 3.73. The lowest BCUT2D eigenvalue weighted by atomic mass is 9.72. The van der Waals surface area contributed by atoms with Gasteiger partial charge in [-0.05, 0) is 30.8 Å². The molecule has 1 aliphatic carbocycles. The van der Waals surface area contributed by atoms with Gasteiger partial charge < -0.3 is 9.84 Å². The monoisotopic (exact) mass is 198 g/mol. The number of rotatable bonds is 1. The Morgan fingerprint density at radius 3 is 2.64 bits per heavy atom. The Balaban J connectivity index is 3.15. The summed E-state index contributed by atoms with van der Waals surface area (Å²) < 4.78 is 4.74. The third kappa shape index (κ3) is 1.82. The van der Waals surface area contributed by atoms with Gasteiger partial charge in [-0.2, -0.15) is 0 Å². The minimum atomic E-state index is -0.489. The smallest absolute Gasteiger partial charge is 0.334 e. The summed E-state index contributed by atoms with van der Waals surface area (Å²) in [7, 11) is 1.37. The highest BCUT2D eigenvalue weighted by Crippen LogP contribution is 2.40. The van der Waals surface area contributed by atoms with E-state index in [0.717, 1.165) is 18.4 Å². The van der Waals surface area contributed by atoms with E-state index in [2.05, 4.69) is 0 Å².